The van der Waals surface area contributed by atoms with Crippen molar-refractivity contribution in [2.75, 3.05) is 13.2 Å². The minimum atomic E-state index is -0.571. The standard InChI is InChI=1S/C27H28F2O2/c1-3-4-5-19-16-30-27(31-17-19)21-8-6-20(7-9-21)22-10-11-26(18(2)12-22)23-13-24(28)15-25(29)14-23/h6-15,19,27H,3-5,16-17H2,1-2H3. The third kappa shape index (κ3) is 5.20. The molecule has 3 aromatic carbocycles. The zero-order valence-corrected chi connectivity index (χ0v) is 18.0. The smallest absolute Gasteiger partial charge is 0.183 e. The van der Waals surface area contributed by atoms with Gasteiger partial charge in [-0.2, -0.15) is 0 Å². The Kier molecular flexibility index (Phi) is 6.79. The molecule has 1 fully saturated rings. The largest absolute Gasteiger partial charge is 0.348 e. The quantitative estimate of drug-likeness (QED) is 0.410. The van der Waals surface area contributed by atoms with Gasteiger partial charge in [-0.25, -0.2) is 8.78 Å². The molecular weight excluding hydrogens is 394 g/mol. The van der Waals surface area contributed by atoms with E-state index in [1.807, 2.05) is 37.3 Å². The molecule has 1 aliphatic heterocycles. The average Bonchev–Trinajstić information content (AvgIpc) is 2.77. The molecule has 0 saturated carbocycles. The van der Waals surface area contributed by atoms with E-state index in [-0.39, 0.29) is 6.29 Å². The third-order valence-corrected chi connectivity index (χ3v) is 5.85. The van der Waals surface area contributed by atoms with Gasteiger partial charge in [-0.05, 0) is 53.3 Å². The number of halogens is 2. The first-order chi connectivity index (χ1) is 15.0. The molecule has 0 unspecified atom stereocenters. The van der Waals surface area contributed by atoms with Gasteiger partial charge in [0, 0.05) is 17.5 Å². The van der Waals surface area contributed by atoms with Crippen LogP contribution in [0.3, 0.4) is 0 Å². The van der Waals surface area contributed by atoms with Crippen molar-refractivity contribution in [3.8, 4) is 22.3 Å². The van der Waals surface area contributed by atoms with E-state index < -0.39 is 11.6 Å². The van der Waals surface area contributed by atoms with E-state index >= 15 is 0 Å². The van der Waals surface area contributed by atoms with Gasteiger partial charge >= 0.3 is 0 Å². The number of benzene rings is 3. The zero-order valence-electron chi connectivity index (χ0n) is 18.0. The zero-order chi connectivity index (χ0) is 21.8. The van der Waals surface area contributed by atoms with Crippen molar-refractivity contribution in [3.05, 3.63) is 83.4 Å². The molecule has 2 nitrogen and oxygen atoms in total. The number of hydrogen-bond acceptors (Lipinski definition) is 2. The average molecular weight is 423 g/mol. The van der Waals surface area contributed by atoms with Gasteiger partial charge in [0.25, 0.3) is 0 Å². The molecule has 162 valence electrons. The Hall–Kier alpha value is -2.56. The Morgan fingerprint density at radius 3 is 2.06 bits per heavy atom. The summed E-state index contributed by atoms with van der Waals surface area (Å²) in [7, 11) is 0. The van der Waals surface area contributed by atoms with E-state index in [0.29, 0.717) is 11.5 Å². The molecule has 0 radical (unpaired) electrons. The molecule has 3 aromatic rings. The molecular formula is C27H28F2O2. The first-order valence-electron chi connectivity index (χ1n) is 10.9. The molecule has 0 bridgehead atoms. The van der Waals surface area contributed by atoms with Gasteiger partial charge in [-0.3, -0.25) is 0 Å². The van der Waals surface area contributed by atoms with E-state index in [4.69, 9.17) is 9.47 Å². The highest BCUT2D eigenvalue weighted by molar-refractivity contribution is 5.73. The van der Waals surface area contributed by atoms with Crippen molar-refractivity contribution in [3.63, 3.8) is 0 Å². The van der Waals surface area contributed by atoms with Crippen LogP contribution in [0.1, 0.15) is 43.6 Å². The predicted octanol–water partition coefficient (Wildman–Crippen LogP) is 7.46. The first-order valence-corrected chi connectivity index (χ1v) is 10.9. The fourth-order valence-corrected chi connectivity index (χ4v) is 4.10. The third-order valence-electron chi connectivity index (χ3n) is 5.85. The summed E-state index contributed by atoms with van der Waals surface area (Å²) in [6.45, 7) is 5.64. The van der Waals surface area contributed by atoms with Crippen LogP contribution in [0.4, 0.5) is 8.78 Å². The molecule has 0 N–H and O–H groups in total. The van der Waals surface area contributed by atoms with E-state index in [2.05, 4.69) is 19.1 Å². The van der Waals surface area contributed by atoms with E-state index in [0.717, 1.165) is 53.5 Å². The lowest BCUT2D eigenvalue weighted by molar-refractivity contribution is -0.206. The van der Waals surface area contributed by atoms with Crippen LogP contribution in [-0.4, -0.2) is 13.2 Å². The lowest BCUT2D eigenvalue weighted by atomic mass is 9.95. The van der Waals surface area contributed by atoms with Crippen LogP contribution < -0.4 is 0 Å². The Morgan fingerprint density at radius 1 is 0.806 bits per heavy atom. The van der Waals surface area contributed by atoms with Crippen LogP contribution in [0.5, 0.6) is 0 Å². The van der Waals surface area contributed by atoms with Crippen LogP contribution in [0.25, 0.3) is 22.3 Å². The maximum absolute atomic E-state index is 13.6. The fraction of sp³-hybridized carbons (Fsp3) is 0.333. The minimum Gasteiger partial charge on any atom is -0.348 e. The van der Waals surface area contributed by atoms with Crippen molar-refractivity contribution in [1.29, 1.82) is 0 Å². The molecule has 0 atom stereocenters. The topological polar surface area (TPSA) is 18.5 Å². The van der Waals surface area contributed by atoms with Crippen LogP contribution >= 0.6 is 0 Å². The predicted molar refractivity (Wildman–Crippen MR) is 120 cm³/mol. The van der Waals surface area contributed by atoms with Gasteiger partial charge in [-0.1, -0.05) is 62.2 Å². The van der Waals surface area contributed by atoms with Crippen molar-refractivity contribution in [2.24, 2.45) is 5.92 Å². The van der Waals surface area contributed by atoms with Crippen molar-refractivity contribution in [2.45, 2.75) is 39.4 Å². The number of ether oxygens (including phenoxy) is 2. The summed E-state index contributed by atoms with van der Waals surface area (Å²) in [4.78, 5) is 0. The number of hydrogen-bond donors (Lipinski definition) is 0. The van der Waals surface area contributed by atoms with Gasteiger partial charge in [-0.15, -0.1) is 0 Å². The molecule has 4 heteroatoms. The van der Waals surface area contributed by atoms with Gasteiger partial charge in [0.2, 0.25) is 0 Å². The molecule has 0 amide bonds. The molecule has 1 heterocycles. The van der Waals surface area contributed by atoms with Crippen LogP contribution in [0.15, 0.2) is 60.7 Å². The highest BCUT2D eigenvalue weighted by Gasteiger charge is 2.23. The van der Waals surface area contributed by atoms with Crippen molar-refractivity contribution < 1.29 is 18.3 Å². The van der Waals surface area contributed by atoms with Gasteiger partial charge in [0.15, 0.2) is 6.29 Å². The number of rotatable bonds is 6. The first kappa shape index (κ1) is 21.7. The Bertz CT molecular complexity index is 1000. The van der Waals surface area contributed by atoms with Gasteiger partial charge in [0.05, 0.1) is 13.2 Å². The summed E-state index contributed by atoms with van der Waals surface area (Å²) in [6, 6.07) is 17.7. The summed E-state index contributed by atoms with van der Waals surface area (Å²) in [5.74, 6) is -0.653. The molecule has 31 heavy (non-hydrogen) atoms. The summed E-state index contributed by atoms with van der Waals surface area (Å²) in [6.07, 6.45) is 3.25. The van der Waals surface area contributed by atoms with Gasteiger partial charge < -0.3 is 9.47 Å². The maximum Gasteiger partial charge on any atom is 0.183 e. The second kappa shape index (κ2) is 9.71. The lowest BCUT2D eigenvalue weighted by Gasteiger charge is -2.29. The Labute approximate surface area is 182 Å². The van der Waals surface area contributed by atoms with E-state index in [1.54, 1.807) is 0 Å². The Balaban J connectivity index is 1.46. The van der Waals surface area contributed by atoms with Crippen LogP contribution in [0, 0.1) is 24.5 Å². The molecule has 0 aliphatic carbocycles. The molecule has 0 spiro atoms. The van der Waals surface area contributed by atoms with Crippen LogP contribution in [0.2, 0.25) is 0 Å². The SMILES string of the molecule is CCCCC1COC(c2ccc(-c3ccc(-c4cc(F)cc(F)c4)c(C)c3)cc2)OC1. The molecule has 4 rings (SSSR count). The normalized spacial score (nSPS) is 18.8. The highest BCUT2D eigenvalue weighted by atomic mass is 19.1. The highest BCUT2D eigenvalue weighted by Crippen LogP contribution is 2.32. The maximum atomic E-state index is 13.6. The molecule has 1 saturated heterocycles. The second-order valence-corrected chi connectivity index (χ2v) is 8.32. The van der Waals surface area contributed by atoms with Crippen molar-refractivity contribution in [1.82, 2.24) is 0 Å². The van der Waals surface area contributed by atoms with E-state index in [9.17, 15) is 8.78 Å². The monoisotopic (exact) mass is 422 g/mol. The second-order valence-electron chi connectivity index (χ2n) is 8.32. The Morgan fingerprint density at radius 2 is 1.45 bits per heavy atom. The summed E-state index contributed by atoms with van der Waals surface area (Å²) < 4.78 is 39.1. The van der Waals surface area contributed by atoms with Crippen LogP contribution in [-0.2, 0) is 9.47 Å². The summed E-state index contributed by atoms with van der Waals surface area (Å²) in [5.41, 5.74) is 5.46. The molecule has 1 aliphatic rings. The fourth-order valence-electron chi connectivity index (χ4n) is 4.10. The summed E-state index contributed by atoms with van der Waals surface area (Å²) in [5, 5.41) is 0. The minimum absolute atomic E-state index is 0.307. The number of unbranched alkanes of at least 4 members (excludes halogenated alkanes) is 1. The van der Waals surface area contributed by atoms with E-state index in [1.165, 1.54) is 25.0 Å². The van der Waals surface area contributed by atoms with Gasteiger partial charge in [0.1, 0.15) is 11.6 Å². The van der Waals surface area contributed by atoms with Crippen molar-refractivity contribution >= 4 is 0 Å². The lowest BCUT2D eigenvalue weighted by Crippen LogP contribution is -2.27. The molecule has 0 aromatic heterocycles. The number of aryl methyl sites for hydroxylation is 1. The summed E-state index contributed by atoms with van der Waals surface area (Å²) >= 11 is 0.